The number of unbranched alkanes of at least 4 members (excludes halogenated alkanes) is 2. The standard InChI is InChI=1S/C29H50N2O8S2/c1-3-5-7-25(21-9-13-23(14-10-21)27-36-17-18-37-27)40(32,33)29(31-30)41(34,35)26(8-6-4-2)22-11-15-24(16-12-22)28-38-19-20-39-28/h21-28H,3-20H2,1-2H3. The molecule has 4 rings (SSSR count). The van der Waals surface area contributed by atoms with Crippen LogP contribution in [0, 0.1) is 23.7 Å². The molecule has 2 heterocycles. The van der Waals surface area contributed by atoms with Crippen molar-refractivity contribution in [2.75, 3.05) is 26.4 Å². The Balaban J connectivity index is 1.52. The minimum absolute atomic E-state index is 0.202. The molecule has 0 N–H and O–H groups in total. The minimum atomic E-state index is -4.40. The maximum absolute atomic E-state index is 14.2. The van der Waals surface area contributed by atoms with Gasteiger partial charge in [0.25, 0.3) is 19.7 Å². The van der Waals surface area contributed by atoms with Crippen molar-refractivity contribution in [2.24, 2.45) is 23.7 Å². The summed E-state index contributed by atoms with van der Waals surface area (Å²) in [6.45, 7) is 6.30. The predicted molar refractivity (Wildman–Crippen MR) is 155 cm³/mol. The van der Waals surface area contributed by atoms with Crippen LogP contribution < -0.4 is 0 Å². The van der Waals surface area contributed by atoms with Gasteiger partial charge in [0.1, 0.15) is 0 Å². The molecular weight excluding hydrogens is 568 g/mol. The number of ether oxygens (including phenoxy) is 4. The van der Waals surface area contributed by atoms with Crippen LogP contribution in [-0.4, -0.2) is 75.5 Å². The van der Waals surface area contributed by atoms with Crippen molar-refractivity contribution in [3.05, 3.63) is 5.53 Å². The van der Waals surface area contributed by atoms with Crippen molar-refractivity contribution in [2.45, 2.75) is 127 Å². The molecule has 2 saturated heterocycles. The van der Waals surface area contributed by atoms with E-state index < -0.39 is 34.6 Å². The average molecular weight is 619 g/mol. The first-order chi connectivity index (χ1) is 19.7. The highest BCUT2D eigenvalue weighted by Crippen LogP contribution is 2.41. The first-order valence-corrected chi connectivity index (χ1v) is 19.0. The molecular formula is C29H50N2O8S2. The first-order valence-electron chi connectivity index (χ1n) is 15.9. The Labute approximate surface area is 246 Å². The Morgan fingerprint density at radius 2 is 1.00 bits per heavy atom. The zero-order valence-electron chi connectivity index (χ0n) is 24.8. The van der Waals surface area contributed by atoms with Crippen molar-refractivity contribution in [3.8, 4) is 0 Å². The van der Waals surface area contributed by atoms with Gasteiger partial charge in [0, 0.05) is 11.8 Å². The van der Waals surface area contributed by atoms with Gasteiger partial charge in [-0.3, -0.25) is 0 Å². The van der Waals surface area contributed by atoms with Gasteiger partial charge in [0.15, 0.2) is 12.6 Å². The lowest BCUT2D eigenvalue weighted by Crippen LogP contribution is -2.45. The summed E-state index contributed by atoms with van der Waals surface area (Å²) in [5, 5.41) is -1.79. The molecule has 2 saturated carbocycles. The highest BCUT2D eigenvalue weighted by molar-refractivity contribution is 8.31. The Morgan fingerprint density at radius 1 is 0.659 bits per heavy atom. The molecule has 0 radical (unpaired) electrons. The Bertz CT molecular complexity index is 1000. The first kappa shape index (κ1) is 33.0. The van der Waals surface area contributed by atoms with Crippen LogP contribution in [0.25, 0.3) is 5.53 Å². The van der Waals surface area contributed by atoms with E-state index in [2.05, 4.69) is 4.79 Å². The van der Waals surface area contributed by atoms with Gasteiger partial charge < -0.3 is 24.5 Å². The summed E-state index contributed by atoms with van der Waals surface area (Å²) in [4.78, 5) is 3.10. The highest BCUT2D eigenvalue weighted by atomic mass is 32.3. The van der Waals surface area contributed by atoms with Crippen LogP contribution in [0.5, 0.6) is 0 Å². The molecule has 4 aliphatic rings. The van der Waals surface area contributed by atoms with Crippen molar-refractivity contribution in [3.63, 3.8) is 0 Å². The molecule has 10 nitrogen and oxygen atoms in total. The Kier molecular flexibility index (Phi) is 12.3. The minimum Gasteiger partial charge on any atom is -0.359 e. The molecule has 2 aliphatic heterocycles. The fourth-order valence-electron chi connectivity index (χ4n) is 7.51. The molecule has 236 valence electrons. The monoisotopic (exact) mass is 618 g/mol. The van der Waals surface area contributed by atoms with Crippen LogP contribution in [-0.2, 0) is 38.6 Å². The quantitative estimate of drug-likeness (QED) is 0.130. The number of sulfone groups is 2. The summed E-state index contributed by atoms with van der Waals surface area (Å²) >= 11 is 0. The molecule has 0 spiro atoms. The largest absolute Gasteiger partial charge is 0.495 e. The Hall–Kier alpha value is -0.880. The molecule has 0 bridgehead atoms. The van der Waals surface area contributed by atoms with Gasteiger partial charge in [-0.25, -0.2) is 16.8 Å². The van der Waals surface area contributed by atoms with Gasteiger partial charge in [-0.05, 0) is 76.0 Å². The van der Waals surface area contributed by atoms with E-state index in [-0.39, 0.29) is 36.3 Å². The summed E-state index contributed by atoms with van der Waals surface area (Å²) in [5.74, 6) is 0.0253. The molecule has 4 fully saturated rings. The second-order valence-corrected chi connectivity index (χ2v) is 16.8. The topological polar surface area (TPSA) is 142 Å². The van der Waals surface area contributed by atoms with Crippen LogP contribution in [0.4, 0.5) is 0 Å². The summed E-state index contributed by atoms with van der Waals surface area (Å²) in [6.07, 6.45) is 8.79. The van der Waals surface area contributed by atoms with Gasteiger partial charge >= 0.3 is 4.38 Å². The zero-order chi connectivity index (χ0) is 29.5. The molecule has 2 unspecified atom stereocenters. The van der Waals surface area contributed by atoms with Crippen molar-refractivity contribution in [1.82, 2.24) is 0 Å². The number of hydrogen-bond acceptors (Lipinski definition) is 8. The van der Waals surface area contributed by atoms with Crippen LogP contribution in [0.1, 0.15) is 104 Å². The van der Waals surface area contributed by atoms with E-state index in [0.29, 0.717) is 77.8 Å². The van der Waals surface area contributed by atoms with E-state index in [1.165, 1.54) is 0 Å². The SMILES string of the molecule is CCCCC(C1CCC(C2OCCO2)CC1)S(=O)(=O)C(=[N+]=[N-])S(=O)(=O)C(CCCC)C1CCC(C2OCCO2)CC1. The molecule has 41 heavy (non-hydrogen) atoms. The number of hydrogen-bond donors (Lipinski definition) is 0. The predicted octanol–water partition coefficient (Wildman–Crippen LogP) is 4.88. The van der Waals surface area contributed by atoms with Gasteiger partial charge in [-0.2, -0.15) is 0 Å². The van der Waals surface area contributed by atoms with E-state index >= 15 is 0 Å². The third kappa shape index (κ3) is 7.80. The second kappa shape index (κ2) is 15.2. The van der Waals surface area contributed by atoms with Crippen molar-refractivity contribution < 1.29 is 40.6 Å². The lowest BCUT2D eigenvalue weighted by Gasteiger charge is -2.35. The lowest BCUT2D eigenvalue weighted by molar-refractivity contribution is -0.0953. The van der Waals surface area contributed by atoms with E-state index in [4.69, 9.17) is 18.9 Å². The maximum Gasteiger partial charge on any atom is 0.495 e. The number of rotatable bonds is 12. The highest BCUT2D eigenvalue weighted by Gasteiger charge is 2.53. The molecule has 2 aliphatic carbocycles. The molecule has 0 aromatic heterocycles. The molecule has 2 atom stereocenters. The normalized spacial score (nSPS) is 30.2. The summed E-state index contributed by atoms with van der Waals surface area (Å²) in [6, 6.07) is 0. The van der Waals surface area contributed by atoms with Crippen LogP contribution in [0.3, 0.4) is 0 Å². The molecule has 0 amide bonds. The molecule has 0 aromatic rings. The molecule has 0 aromatic carbocycles. The van der Waals surface area contributed by atoms with E-state index in [1.54, 1.807) is 0 Å². The fourth-order valence-corrected chi connectivity index (χ4v) is 12.8. The van der Waals surface area contributed by atoms with Crippen molar-refractivity contribution in [1.29, 1.82) is 0 Å². The van der Waals surface area contributed by atoms with Crippen molar-refractivity contribution >= 4 is 24.1 Å². The third-order valence-electron chi connectivity index (χ3n) is 9.80. The summed E-state index contributed by atoms with van der Waals surface area (Å²) < 4.78 is 78.5. The van der Waals surface area contributed by atoms with Gasteiger partial charge in [0.05, 0.1) is 36.9 Å². The van der Waals surface area contributed by atoms with Crippen LogP contribution in [0.2, 0.25) is 0 Å². The van der Waals surface area contributed by atoms with Gasteiger partial charge in [0.2, 0.25) is 0 Å². The summed E-state index contributed by atoms with van der Waals surface area (Å²) in [5.41, 5.74) is 10.1. The van der Waals surface area contributed by atoms with E-state index in [9.17, 15) is 22.4 Å². The third-order valence-corrected chi connectivity index (χ3v) is 15.2. The van der Waals surface area contributed by atoms with Crippen LogP contribution in [0.15, 0.2) is 0 Å². The second-order valence-electron chi connectivity index (χ2n) is 12.4. The average Bonchev–Trinajstić information content (AvgIpc) is 3.69. The van der Waals surface area contributed by atoms with Gasteiger partial charge in [-0.1, -0.05) is 39.5 Å². The fraction of sp³-hybridized carbons (Fsp3) is 0.966. The number of nitrogens with zero attached hydrogens (tertiary/aromatic N) is 2. The van der Waals surface area contributed by atoms with Crippen LogP contribution >= 0.6 is 0 Å². The maximum atomic E-state index is 14.2. The zero-order valence-corrected chi connectivity index (χ0v) is 26.5. The Morgan fingerprint density at radius 3 is 1.29 bits per heavy atom. The van der Waals surface area contributed by atoms with Gasteiger partial charge in [-0.15, -0.1) is 4.79 Å². The lowest BCUT2D eigenvalue weighted by atomic mass is 9.79. The van der Waals surface area contributed by atoms with E-state index in [0.717, 1.165) is 38.5 Å². The van der Waals surface area contributed by atoms with E-state index in [1.807, 2.05) is 13.8 Å². The smallest absolute Gasteiger partial charge is 0.359 e. The summed E-state index contributed by atoms with van der Waals surface area (Å²) in [7, 11) is -8.80. The molecule has 12 heteroatoms.